The molecular formula is C15H25N5. The molecule has 1 aromatic carbocycles. The predicted octanol–water partition coefficient (Wildman–Crippen LogP) is 2.17. The molecule has 1 heterocycles. The smallest absolute Gasteiger partial charge is 0.203 e. The number of aromatic amines is 1. The highest BCUT2D eigenvalue weighted by molar-refractivity contribution is 5.80. The minimum Gasteiger partial charge on any atom is -0.399 e. The lowest BCUT2D eigenvalue weighted by molar-refractivity contribution is 0.408. The van der Waals surface area contributed by atoms with Gasteiger partial charge in [-0.1, -0.05) is 13.8 Å². The van der Waals surface area contributed by atoms with E-state index in [0.717, 1.165) is 42.3 Å². The lowest BCUT2D eigenvalue weighted by atomic mass is 10.2. The molecule has 0 atom stereocenters. The number of fused-ring (bicyclic) bond motifs is 1. The summed E-state index contributed by atoms with van der Waals surface area (Å²) >= 11 is 0. The Morgan fingerprint density at radius 1 is 1.25 bits per heavy atom. The van der Waals surface area contributed by atoms with Crippen LogP contribution in [0.15, 0.2) is 18.2 Å². The van der Waals surface area contributed by atoms with Crippen molar-refractivity contribution in [2.45, 2.75) is 13.8 Å². The summed E-state index contributed by atoms with van der Waals surface area (Å²) in [5.74, 6) is 1.52. The molecule has 0 saturated carbocycles. The summed E-state index contributed by atoms with van der Waals surface area (Å²) in [5.41, 5.74) is 8.55. The molecule has 110 valence electrons. The summed E-state index contributed by atoms with van der Waals surface area (Å²) in [6.45, 7) is 7.40. The Hall–Kier alpha value is -1.75. The molecule has 0 aliphatic rings. The summed E-state index contributed by atoms with van der Waals surface area (Å²) in [5, 5.41) is 0. The molecule has 0 amide bonds. The van der Waals surface area contributed by atoms with E-state index in [9.17, 15) is 0 Å². The van der Waals surface area contributed by atoms with E-state index in [4.69, 9.17) is 5.73 Å². The number of nitrogen functional groups attached to an aromatic ring is 1. The minimum atomic E-state index is 0.593. The Balaban J connectivity index is 2.24. The second-order valence-electron chi connectivity index (χ2n) is 5.98. The first kappa shape index (κ1) is 14.7. The van der Waals surface area contributed by atoms with E-state index in [-0.39, 0.29) is 0 Å². The molecule has 5 heteroatoms. The van der Waals surface area contributed by atoms with Crippen LogP contribution < -0.4 is 10.6 Å². The average Bonchev–Trinajstić information content (AvgIpc) is 2.76. The van der Waals surface area contributed by atoms with Gasteiger partial charge in [-0.3, -0.25) is 0 Å². The molecule has 0 unspecified atom stereocenters. The number of nitrogens with one attached hydrogen (secondary N) is 1. The average molecular weight is 275 g/mol. The lowest BCUT2D eigenvalue weighted by Gasteiger charge is -2.25. The Morgan fingerprint density at radius 3 is 2.65 bits per heavy atom. The van der Waals surface area contributed by atoms with Gasteiger partial charge in [0.25, 0.3) is 0 Å². The zero-order valence-corrected chi connectivity index (χ0v) is 12.8. The topological polar surface area (TPSA) is 61.2 Å². The number of hydrogen-bond donors (Lipinski definition) is 2. The van der Waals surface area contributed by atoms with Crippen molar-refractivity contribution in [2.24, 2.45) is 5.92 Å². The molecule has 0 spiro atoms. The molecule has 5 nitrogen and oxygen atoms in total. The lowest BCUT2D eigenvalue weighted by Crippen LogP contribution is -2.35. The number of anilines is 2. The van der Waals surface area contributed by atoms with E-state index >= 15 is 0 Å². The SMILES string of the molecule is CC(C)CN(CCN(C)C)c1nc2ccc(N)cc2[nH]1. The van der Waals surface area contributed by atoms with Crippen molar-refractivity contribution in [1.82, 2.24) is 14.9 Å². The summed E-state index contributed by atoms with van der Waals surface area (Å²) in [6, 6.07) is 5.79. The van der Waals surface area contributed by atoms with Crippen LogP contribution in [0.25, 0.3) is 11.0 Å². The highest BCUT2D eigenvalue weighted by Crippen LogP contribution is 2.20. The molecule has 0 fully saturated rings. The van der Waals surface area contributed by atoms with Gasteiger partial charge in [-0.05, 0) is 38.2 Å². The van der Waals surface area contributed by atoms with Crippen LogP contribution in [0, 0.1) is 5.92 Å². The van der Waals surface area contributed by atoms with Crippen molar-refractivity contribution in [3.63, 3.8) is 0 Å². The molecule has 0 aliphatic carbocycles. The van der Waals surface area contributed by atoms with Crippen LogP contribution in [0.1, 0.15) is 13.8 Å². The Morgan fingerprint density at radius 2 is 2.00 bits per heavy atom. The second kappa shape index (κ2) is 6.13. The quantitative estimate of drug-likeness (QED) is 0.793. The largest absolute Gasteiger partial charge is 0.399 e. The summed E-state index contributed by atoms with van der Waals surface area (Å²) in [6.07, 6.45) is 0. The van der Waals surface area contributed by atoms with Gasteiger partial charge in [-0.15, -0.1) is 0 Å². The van der Waals surface area contributed by atoms with E-state index in [1.165, 1.54) is 0 Å². The maximum absolute atomic E-state index is 5.82. The number of benzene rings is 1. The third-order valence-corrected chi connectivity index (χ3v) is 3.20. The number of aromatic nitrogens is 2. The van der Waals surface area contributed by atoms with Crippen LogP contribution in [0.2, 0.25) is 0 Å². The predicted molar refractivity (Wildman–Crippen MR) is 86.1 cm³/mol. The van der Waals surface area contributed by atoms with E-state index in [0.29, 0.717) is 5.92 Å². The number of hydrogen-bond acceptors (Lipinski definition) is 4. The van der Waals surface area contributed by atoms with Crippen LogP contribution in [0.4, 0.5) is 11.6 Å². The maximum Gasteiger partial charge on any atom is 0.203 e. The van der Waals surface area contributed by atoms with Gasteiger partial charge in [0.1, 0.15) is 0 Å². The van der Waals surface area contributed by atoms with Gasteiger partial charge in [0.05, 0.1) is 11.0 Å². The standard InChI is InChI=1S/C15H25N5/c1-11(2)10-20(8-7-19(3)4)15-17-13-6-5-12(16)9-14(13)18-15/h5-6,9,11H,7-8,10,16H2,1-4H3,(H,17,18). The molecule has 0 saturated heterocycles. The van der Waals surface area contributed by atoms with Crippen LogP contribution in [-0.4, -0.2) is 48.6 Å². The van der Waals surface area contributed by atoms with Gasteiger partial charge in [0, 0.05) is 25.3 Å². The Labute approximate surface area is 120 Å². The maximum atomic E-state index is 5.82. The van der Waals surface area contributed by atoms with Crippen molar-refractivity contribution < 1.29 is 0 Å². The van der Waals surface area contributed by atoms with Gasteiger partial charge in [0.2, 0.25) is 5.95 Å². The first-order valence-electron chi connectivity index (χ1n) is 7.10. The van der Waals surface area contributed by atoms with Crippen LogP contribution in [-0.2, 0) is 0 Å². The fourth-order valence-corrected chi connectivity index (χ4v) is 2.21. The summed E-state index contributed by atoms with van der Waals surface area (Å²) in [4.78, 5) is 12.6. The molecule has 0 bridgehead atoms. The van der Waals surface area contributed by atoms with Crippen molar-refractivity contribution in [1.29, 1.82) is 0 Å². The van der Waals surface area contributed by atoms with Crippen LogP contribution in [0.5, 0.6) is 0 Å². The second-order valence-corrected chi connectivity index (χ2v) is 5.98. The number of imidazole rings is 1. The molecular weight excluding hydrogens is 250 g/mol. The van der Waals surface area contributed by atoms with E-state index in [2.05, 4.69) is 47.7 Å². The number of H-pyrrole nitrogens is 1. The molecule has 1 aromatic heterocycles. The fourth-order valence-electron chi connectivity index (χ4n) is 2.21. The van der Waals surface area contributed by atoms with Gasteiger partial charge in [0.15, 0.2) is 0 Å². The number of likely N-dealkylation sites (N-methyl/N-ethyl adjacent to an activating group) is 1. The van der Waals surface area contributed by atoms with Crippen LogP contribution in [0.3, 0.4) is 0 Å². The molecule has 2 aromatic rings. The monoisotopic (exact) mass is 275 g/mol. The zero-order chi connectivity index (χ0) is 14.7. The van der Waals surface area contributed by atoms with Crippen molar-refractivity contribution >= 4 is 22.7 Å². The molecule has 2 rings (SSSR count). The molecule has 3 N–H and O–H groups in total. The molecule has 0 radical (unpaired) electrons. The third kappa shape index (κ3) is 3.63. The summed E-state index contributed by atoms with van der Waals surface area (Å²) < 4.78 is 0. The summed E-state index contributed by atoms with van der Waals surface area (Å²) in [7, 11) is 4.18. The molecule has 0 aliphatic heterocycles. The van der Waals surface area contributed by atoms with E-state index in [1.54, 1.807) is 0 Å². The van der Waals surface area contributed by atoms with Gasteiger partial charge in [-0.25, -0.2) is 4.98 Å². The van der Waals surface area contributed by atoms with Gasteiger partial charge >= 0.3 is 0 Å². The first-order chi connectivity index (χ1) is 9.45. The van der Waals surface area contributed by atoms with Crippen molar-refractivity contribution in [3.8, 4) is 0 Å². The van der Waals surface area contributed by atoms with E-state index in [1.807, 2.05) is 18.2 Å². The van der Waals surface area contributed by atoms with Gasteiger partial charge in [-0.2, -0.15) is 0 Å². The third-order valence-electron chi connectivity index (χ3n) is 3.20. The first-order valence-corrected chi connectivity index (χ1v) is 7.10. The van der Waals surface area contributed by atoms with Crippen molar-refractivity contribution in [3.05, 3.63) is 18.2 Å². The van der Waals surface area contributed by atoms with Crippen LogP contribution >= 0.6 is 0 Å². The molecule has 20 heavy (non-hydrogen) atoms. The van der Waals surface area contributed by atoms with Crippen molar-refractivity contribution in [2.75, 3.05) is 44.4 Å². The highest BCUT2D eigenvalue weighted by atomic mass is 15.3. The Bertz CT molecular complexity index is 558. The number of rotatable bonds is 6. The van der Waals surface area contributed by atoms with Gasteiger partial charge < -0.3 is 20.5 Å². The normalized spacial score (nSPS) is 11.7. The minimum absolute atomic E-state index is 0.593. The zero-order valence-electron chi connectivity index (χ0n) is 12.8. The Kier molecular flexibility index (Phi) is 4.49. The van der Waals surface area contributed by atoms with E-state index < -0.39 is 0 Å². The fraction of sp³-hybridized carbons (Fsp3) is 0.533. The number of nitrogens with two attached hydrogens (primary N) is 1. The highest BCUT2D eigenvalue weighted by Gasteiger charge is 2.13. The number of nitrogens with zero attached hydrogens (tertiary/aromatic N) is 3.